The van der Waals surface area contributed by atoms with Gasteiger partial charge in [-0.15, -0.1) is 0 Å². The van der Waals surface area contributed by atoms with Crippen LogP contribution in [0.3, 0.4) is 0 Å². The van der Waals surface area contributed by atoms with Gasteiger partial charge in [-0.05, 0) is 18.2 Å². The van der Waals surface area contributed by atoms with Crippen LogP contribution in [0.4, 0.5) is 29.1 Å². The number of nitrogens with zero attached hydrogens (tertiary/aromatic N) is 3. The molecule has 2 heterocycles. The molecule has 0 amide bonds. The van der Waals surface area contributed by atoms with Crippen molar-refractivity contribution in [3.05, 3.63) is 39.6 Å². The Balaban J connectivity index is 2.16. The Morgan fingerprint density at radius 3 is 2.77 bits per heavy atom. The number of halogens is 5. The van der Waals surface area contributed by atoms with Crippen molar-refractivity contribution >= 4 is 34.1 Å². The number of hydrogen-bond acceptors (Lipinski definition) is 4. The fourth-order valence-corrected chi connectivity index (χ4v) is 2.56. The molecule has 116 valence electrons. The van der Waals surface area contributed by atoms with Crippen molar-refractivity contribution in [2.24, 2.45) is 0 Å². The van der Waals surface area contributed by atoms with Crippen LogP contribution in [-0.4, -0.2) is 23.1 Å². The lowest BCUT2D eigenvalue weighted by atomic mass is 10.1. The van der Waals surface area contributed by atoms with Crippen molar-refractivity contribution in [2.45, 2.75) is 6.18 Å². The second-order valence-electron chi connectivity index (χ2n) is 4.49. The lowest BCUT2D eigenvalue weighted by Gasteiger charge is -2.31. The van der Waals surface area contributed by atoms with Gasteiger partial charge in [-0.2, -0.15) is 13.2 Å². The molecular formula is C13H8F4IN3O. The van der Waals surface area contributed by atoms with Crippen LogP contribution in [0.1, 0.15) is 5.56 Å². The van der Waals surface area contributed by atoms with Gasteiger partial charge in [0.1, 0.15) is 12.4 Å². The Kier molecular flexibility index (Phi) is 3.83. The van der Waals surface area contributed by atoms with Gasteiger partial charge in [0, 0.05) is 22.6 Å². The molecule has 0 saturated carbocycles. The van der Waals surface area contributed by atoms with E-state index in [0.717, 1.165) is 12.1 Å². The van der Waals surface area contributed by atoms with Gasteiger partial charge in [-0.3, -0.25) is 0 Å². The fourth-order valence-electron chi connectivity index (χ4n) is 2.19. The van der Waals surface area contributed by atoms with Crippen molar-refractivity contribution in [2.75, 3.05) is 18.1 Å². The van der Waals surface area contributed by atoms with Crippen LogP contribution in [0.5, 0.6) is 5.75 Å². The molecule has 0 bridgehead atoms. The van der Waals surface area contributed by atoms with E-state index in [1.54, 1.807) is 0 Å². The second-order valence-corrected chi connectivity index (χ2v) is 5.45. The normalized spacial score (nSPS) is 14.5. The first-order chi connectivity index (χ1) is 10.4. The molecule has 22 heavy (non-hydrogen) atoms. The highest BCUT2D eigenvalue weighted by Gasteiger charge is 2.37. The second kappa shape index (κ2) is 5.52. The van der Waals surface area contributed by atoms with Crippen LogP contribution in [-0.2, 0) is 6.18 Å². The molecule has 9 heteroatoms. The van der Waals surface area contributed by atoms with Crippen LogP contribution in [0.2, 0.25) is 0 Å². The van der Waals surface area contributed by atoms with Crippen LogP contribution >= 0.6 is 22.6 Å². The molecule has 0 spiro atoms. The fraction of sp³-hybridized carbons (Fsp3) is 0.231. The Morgan fingerprint density at radius 1 is 1.27 bits per heavy atom. The highest BCUT2D eigenvalue weighted by molar-refractivity contribution is 14.1. The van der Waals surface area contributed by atoms with E-state index in [4.69, 9.17) is 4.74 Å². The largest absolute Gasteiger partial charge is 0.486 e. The molecule has 1 aromatic heterocycles. The van der Waals surface area contributed by atoms with Crippen molar-refractivity contribution in [1.29, 1.82) is 0 Å². The van der Waals surface area contributed by atoms with E-state index in [1.165, 1.54) is 11.1 Å². The zero-order valence-corrected chi connectivity index (χ0v) is 13.0. The Hall–Kier alpha value is -1.65. The minimum absolute atomic E-state index is 0.159. The number of benzene rings is 1. The van der Waals surface area contributed by atoms with Gasteiger partial charge < -0.3 is 9.64 Å². The predicted octanol–water partition coefficient (Wildman–Crippen LogP) is 3.77. The molecule has 0 aliphatic carbocycles. The van der Waals surface area contributed by atoms with Gasteiger partial charge >= 0.3 is 6.18 Å². The van der Waals surface area contributed by atoms with Crippen LogP contribution in [0.15, 0.2) is 24.4 Å². The molecule has 0 unspecified atom stereocenters. The Morgan fingerprint density at radius 2 is 2.05 bits per heavy atom. The van der Waals surface area contributed by atoms with E-state index in [0.29, 0.717) is 15.6 Å². The third kappa shape index (κ3) is 2.81. The Labute approximate surface area is 136 Å². The summed E-state index contributed by atoms with van der Waals surface area (Å²) in [5, 5.41) is 0. The molecule has 4 nitrogen and oxygen atoms in total. The summed E-state index contributed by atoms with van der Waals surface area (Å²) in [5.41, 5.74) is -1.21. The number of rotatable bonds is 1. The molecule has 0 radical (unpaired) electrons. The summed E-state index contributed by atoms with van der Waals surface area (Å²) < 4.78 is 58.5. The molecule has 0 atom stereocenters. The molecule has 2 aromatic rings. The van der Waals surface area contributed by atoms with Crippen molar-refractivity contribution in [3.63, 3.8) is 0 Å². The molecule has 1 aliphatic rings. The van der Waals surface area contributed by atoms with Gasteiger partial charge in [0.2, 0.25) is 0 Å². The Bertz CT molecular complexity index is 723. The minimum atomic E-state index is -4.67. The van der Waals surface area contributed by atoms with E-state index in [1.807, 2.05) is 22.6 Å². The molecule has 0 saturated heterocycles. The van der Waals surface area contributed by atoms with Crippen molar-refractivity contribution in [3.8, 4) is 5.75 Å². The maximum Gasteiger partial charge on any atom is 0.418 e. The minimum Gasteiger partial charge on any atom is -0.486 e. The average molecular weight is 425 g/mol. The molecular weight excluding hydrogens is 417 g/mol. The summed E-state index contributed by atoms with van der Waals surface area (Å²) >= 11 is 1.86. The van der Waals surface area contributed by atoms with E-state index in [9.17, 15) is 17.6 Å². The molecule has 3 rings (SSSR count). The van der Waals surface area contributed by atoms with E-state index < -0.39 is 17.6 Å². The van der Waals surface area contributed by atoms with E-state index >= 15 is 0 Å². The summed E-state index contributed by atoms with van der Waals surface area (Å²) in [4.78, 5) is 9.45. The summed E-state index contributed by atoms with van der Waals surface area (Å²) in [6.45, 7) is 0.362. The molecule has 1 aliphatic heterocycles. The van der Waals surface area contributed by atoms with Gasteiger partial charge in [-0.1, -0.05) is 0 Å². The number of alkyl halides is 3. The quantitative estimate of drug-likeness (QED) is 0.396. The zero-order valence-electron chi connectivity index (χ0n) is 10.9. The van der Waals surface area contributed by atoms with E-state index in [-0.39, 0.29) is 24.7 Å². The third-order valence-electron chi connectivity index (χ3n) is 3.09. The zero-order chi connectivity index (χ0) is 15.9. The predicted molar refractivity (Wildman–Crippen MR) is 78.7 cm³/mol. The average Bonchev–Trinajstić information content (AvgIpc) is 2.46. The summed E-state index contributed by atoms with van der Waals surface area (Å²) in [5.74, 6) is -0.409. The van der Waals surface area contributed by atoms with Crippen molar-refractivity contribution in [1.82, 2.24) is 9.97 Å². The smallest absolute Gasteiger partial charge is 0.418 e. The molecule has 1 aromatic carbocycles. The monoisotopic (exact) mass is 425 g/mol. The highest BCUT2D eigenvalue weighted by Crippen LogP contribution is 2.42. The standard InChI is InChI=1S/C13H8F4IN3O/c14-7-1-2-9(8(5-7)13(15,16)17)21-3-4-22-10-6-19-12(18)20-11(10)21/h1-2,5-6H,3-4H2. The van der Waals surface area contributed by atoms with Gasteiger partial charge in [-0.25, -0.2) is 14.4 Å². The first-order valence-corrected chi connectivity index (χ1v) is 7.24. The lowest BCUT2D eigenvalue weighted by molar-refractivity contribution is -0.137. The number of aromatic nitrogens is 2. The number of fused-ring (bicyclic) bond motifs is 1. The first kappa shape index (κ1) is 15.3. The number of anilines is 2. The van der Waals surface area contributed by atoms with Gasteiger partial charge in [0.05, 0.1) is 24.0 Å². The van der Waals surface area contributed by atoms with E-state index in [2.05, 4.69) is 9.97 Å². The topological polar surface area (TPSA) is 38.2 Å². The van der Waals surface area contributed by atoms with Crippen LogP contribution < -0.4 is 9.64 Å². The third-order valence-corrected chi connectivity index (χ3v) is 3.61. The van der Waals surface area contributed by atoms with Gasteiger partial charge in [0.25, 0.3) is 0 Å². The lowest BCUT2D eigenvalue weighted by Crippen LogP contribution is -2.31. The van der Waals surface area contributed by atoms with Crippen LogP contribution in [0.25, 0.3) is 0 Å². The van der Waals surface area contributed by atoms with Gasteiger partial charge in [0.15, 0.2) is 15.4 Å². The van der Waals surface area contributed by atoms with Crippen molar-refractivity contribution < 1.29 is 22.3 Å². The van der Waals surface area contributed by atoms with Crippen LogP contribution in [0, 0.1) is 9.65 Å². The first-order valence-electron chi connectivity index (χ1n) is 6.16. The molecule has 0 N–H and O–H groups in total. The molecule has 0 fully saturated rings. The summed E-state index contributed by atoms with van der Waals surface area (Å²) in [7, 11) is 0. The maximum absolute atomic E-state index is 13.2. The summed E-state index contributed by atoms with van der Waals surface area (Å²) in [6, 6.07) is 2.57. The SMILES string of the molecule is Fc1ccc(N2CCOc3cnc(I)nc32)c(C(F)(F)F)c1. The summed E-state index contributed by atoms with van der Waals surface area (Å²) in [6.07, 6.45) is -3.26. The number of ether oxygens (including phenoxy) is 1. The highest BCUT2D eigenvalue weighted by atomic mass is 127. The number of hydrogen-bond donors (Lipinski definition) is 0. The maximum atomic E-state index is 13.2.